The molecular formula is C28H40N4O2. The number of aromatic hydroxyl groups is 2. The fourth-order valence-corrected chi connectivity index (χ4v) is 4.11. The van der Waals surface area contributed by atoms with E-state index in [1.807, 2.05) is 38.4 Å². The van der Waals surface area contributed by atoms with Gasteiger partial charge >= 0.3 is 0 Å². The largest absolute Gasteiger partial charge is 0.507 e. The molecule has 6 heteroatoms. The molecule has 2 atom stereocenters. The Labute approximate surface area is 204 Å². The van der Waals surface area contributed by atoms with E-state index >= 15 is 0 Å². The SMILES string of the molecule is CC(C)N(C)c1ccc(C=NC2CCCC[C@@H]2N=Cc2ccc(N(C)C(C)C)cc2O)c(O)c1. The molecule has 2 aromatic rings. The third-order valence-electron chi connectivity index (χ3n) is 6.90. The van der Waals surface area contributed by atoms with E-state index in [9.17, 15) is 10.2 Å². The van der Waals surface area contributed by atoms with E-state index in [1.165, 1.54) is 0 Å². The maximum Gasteiger partial charge on any atom is 0.126 e. The number of hydrogen-bond donors (Lipinski definition) is 2. The van der Waals surface area contributed by atoms with Crippen LogP contribution in [0.1, 0.15) is 64.5 Å². The van der Waals surface area contributed by atoms with Gasteiger partial charge in [-0.2, -0.15) is 0 Å². The number of aliphatic imine (C=N–C) groups is 2. The molecule has 0 radical (unpaired) electrons. The van der Waals surface area contributed by atoms with Crippen LogP contribution < -0.4 is 9.80 Å². The van der Waals surface area contributed by atoms with Crippen molar-refractivity contribution in [3.63, 3.8) is 0 Å². The van der Waals surface area contributed by atoms with Gasteiger partial charge in [-0.1, -0.05) is 12.8 Å². The van der Waals surface area contributed by atoms with Crippen LogP contribution in [0.15, 0.2) is 46.4 Å². The lowest BCUT2D eigenvalue weighted by atomic mass is 9.91. The van der Waals surface area contributed by atoms with E-state index < -0.39 is 0 Å². The Hall–Kier alpha value is -3.02. The summed E-state index contributed by atoms with van der Waals surface area (Å²) < 4.78 is 0. The second-order valence-electron chi connectivity index (χ2n) is 9.87. The second-order valence-corrected chi connectivity index (χ2v) is 9.87. The normalized spacial score (nSPS) is 18.9. The first-order valence-corrected chi connectivity index (χ1v) is 12.4. The van der Waals surface area contributed by atoms with Gasteiger partial charge in [-0.3, -0.25) is 9.98 Å². The Morgan fingerprint density at radius 2 is 1.12 bits per heavy atom. The molecule has 1 saturated carbocycles. The van der Waals surface area contributed by atoms with Crippen LogP contribution in [-0.4, -0.2) is 60.9 Å². The minimum absolute atomic E-state index is 0.0657. The zero-order chi connectivity index (χ0) is 24.8. The van der Waals surface area contributed by atoms with Gasteiger partial charge in [0.25, 0.3) is 0 Å². The van der Waals surface area contributed by atoms with Gasteiger partial charge in [-0.15, -0.1) is 0 Å². The summed E-state index contributed by atoms with van der Waals surface area (Å²) in [6.45, 7) is 8.48. The van der Waals surface area contributed by atoms with Crippen LogP contribution in [0.5, 0.6) is 11.5 Å². The molecule has 0 aromatic heterocycles. The highest BCUT2D eigenvalue weighted by Gasteiger charge is 2.23. The molecule has 0 spiro atoms. The first kappa shape index (κ1) is 25.6. The number of phenolic OH excluding ortho intramolecular Hbond substituents is 2. The molecule has 0 heterocycles. The van der Waals surface area contributed by atoms with Crippen LogP contribution in [0.4, 0.5) is 11.4 Å². The molecule has 0 amide bonds. The van der Waals surface area contributed by atoms with Gasteiger partial charge in [0, 0.05) is 73.2 Å². The highest BCUT2D eigenvalue weighted by molar-refractivity contribution is 5.85. The van der Waals surface area contributed by atoms with E-state index in [4.69, 9.17) is 9.98 Å². The Kier molecular flexibility index (Phi) is 8.59. The standard InChI is InChI=1S/C28H40N4O2/c1-19(2)31(5)23-13-11-21(27(33)15-23)17-29-25-9-7-8-10-26(25)30-18-22-12-14-24(16-28(22)34)32(6)20(3)4/h11-20,25-26,33-34H,7-10H2,1-6H3/t25-,26?/m0/s1. The molecule has 0 aliphatic heterocycles. The van der Waals surface area contributed by atoms with Crippen LogP contribution in [0.2, 0.25) is 0 Å². The lowest BCUT2D eigenvalue weighted by Gasteiger charge is -2.26. The summed E-state index contributed by atoms with van der Waals surface area (Å²) in [6.07, 6.45) is 7.75. The van der Waals surface area contributed by atoms with Gasteiger partial charge in [-0.25, -0.2) is 0 Å². The smallest absolute Gasteiger partial charge is 0.126 e. The third-order valence-corrected chi connectivity index (χ3v) is 6.90. The second kappa shape index (κ2) is 11.4. The van der Waals surface area contributed by atoms with E-state index in [1.54, 1.807) is 24.6 Å². The van der Waals surface area contributed by atoms with Gasteiger partial charge in [0.1, 0.15) is 11.5 Å². The molecule has 2 N–H and O–H groups in total. The highest BCUT2D eigenvalue weighted by Crippen LogP contribution is 2.28. The van der Waals surface area contributed by atoms with Crippen molar-refractivity contribution in [1.29, 1.82) is 0 Å². The topological polar surface area (TPSA) is 71.7 Å². The summed E-state index contributed by atoms with van der Waals surface area (Å²) in [4.78, 5) is 13.9. The van der Waals surface area contributed by atoms with Crippen molar-refractivity contribution in [2.24, 2.45) is 9.98 Å². The molecule has 0 bridgehead atoms. The zero-order valence-electron chi connectivity index (χ0n) is 21.4. The molecular weight excluding hydrogens is 424 g/mol. The third kappa shape index (κ3) is 6.31. The van der Waals surface area contributed by atoms with Gasteiger partial charge < -0.3 is 20.0 Å². The molecule has 0 saturated heterocycles. The van der Waals surface area contributed by atoms with E-state index in [2.05, 4.69) is 37.5 Å². The van der Waals surface area contributed by atoms with E-state index in [0.717, 1.165) is 48.2 Å². The van der Waals surface area contributed by atoms with E-state index in [0.29, 0.717) is 12.1 Å². The zero-order valence-corrected chi connectivity index (χ0v) is 21.4. The number of hydrogen-bond acceptors (Lipinski definition) is 6. The Morgan fingerprint density at radius 1 is 0.735 bits per heavy atom. The maximum absolute atomic E-state index is 10.5. The van der Waals surface area contributed by atoms with Gasteiger partial charge in [0.15, 0.2) is 0 Å². The monoisotopic (exact) mass is 464 g/mol. The lowest BCUT2D eigenvalue weighted by molar-refractivity contribution is 0.390. The molecule has 184 valence electrons. The minimum Gasteiger partial charge on any atom is -0.507 e. The Bertz CT molecular complexity index is 934. The van der Waals surface area contributed by atoms with Crippen molar-refractivity contribution in [1.82, 2.24) is 0 Å². The van der Waals surface area contributed by atoms with Crippen molar-refractivity contribution in [3.05, 3.63) is 47.5 Å². The summed E-state index contributed by atoms with van der Waals surface area (Å²) in [5, 5.41) is 21.0. The summed E-state index contributed by atoms with van der Waals surface area (Å²) in [7, 11) is 4.04. The Morgan fingerprint density at radius 3 is 1.44 bits per heavy atom. The number of rotatable bonds is 8. The number of phenols is 2. The number of benzene rings is 2. The molecule has 1 aliphatic rings. The molecule has 3 rings (SSSR count). The fourth-order valence-electron chi connectivity index (χ4n) is 4.11. The minimum atomic E-state index is 0.0657. The summed E-state index contributed by atoms with van der Waals surface area (Å²) in [5.41, 5.74) is 3.40. The van der Waals surface area contributed by atoms with Crippen LogP contribution >= 0.6 is 0 Å². The summed E-state index contributed by atoms with van der Waals surface area (Å²) in [5.74, 6) is 0.474. The summed E-state index contributed by atoms with van der Waals surface area (Å²) in [6, 6.07) is 12.3. The van der Waals surface area contributed by atoms with Gasteiger partial charge in [0.2, 0.25) is 0 Å². The molecule has 2 aromatic carbocycles. The summed E-state index contributed by atoms with van der Waals surface area (Å²) >= 11 is 0. The first-order valence-electron chi connectivity index (χ1n) is 12.4. The van der Waals surface area contributed by atoms with Crippen LogP contribution in [0, 0.1) is 0 Å². The van der Waals surface area contributed by atoms with Gasteiger partial charge in [-0.05, 0) is 64.8 Å². The number of nitrogens with zero attached hydrogens (tertiary/aromatic N) is 4. The quantitative estimate of drug-likeness (QED) is 0.496. The average molecular weight is 465 g/mol. The van der Waals surface area contributed by atoms with Crippen molar-refractivity contribution >= 4 is 23.8 Å². The maximum atomic E-state index is 10.5. The molecule has 1 aliphatic carbocycles. The predicted molar refractivity (Wildman–Crippen MR) is 145 cm³/mol. The first-order chi connectivity index (χ1) is 16.2. The van der Waals surface area contributed by atoms with Crippen molar-refractivity contribution in [2.45, 2.75) is 77.5 Å². The van der Waals surface area contributed by atoms with Crippen molar-refractivity contribution < 1.29 is 10.2 Å². The Balaban J connectivity index is 1.73. The van der Waals surface area contributed by atoms with Crippen LogP contribution in [0.3, 0.4) is 0 Å². The van der Waals surface area contributed by atoms with Crippen molar-refractivity contribution in [2.75, 3.05) is 23.9 Å². The van der Waals surface area contributed by atoms with Gasteiger partial charge in [0.05, 0.1) is 12.1 Å². The fraction of sp³-hybridized carbons (Fsp3) is 0.500. The van der Waals surface area contributed by atoms with Crippen molar-refractivity contribution in [3.8, 4) is 11.5 Å². The molecule has 34 heavy (non-hydrogen) atoms. The molecule has 1 unspecified atom stereocenters. The average Bonchev–Trinajstić information content (AvgIpc) is 2.81. The molecule has 1 fully saturated rings. The highest BCUT2D eigenvalue weighted by atomic mass is 16.3. The molecule has 6 nitrogen and oxygen atoms in total. The predicted octanol–water partition coefficient (Wildman–Crippen LogP) is 5.64. The van der Waals surface area contributed by atoms with Crippen LogP contribution in [-0.2, 0) is 0 Å². The van der Waals surface area contributed by atoms with Crippen LogP contribution in [0.25, 0.3) is 0 Å². The van der Waals surface area contributed by atoms with E-state index in [-0.39, 0.29) is 23.6 Å². The lowest BCUT2D eigenvalue weighted by Crippen LogP contribution is -2.27. The number of anilines is 2.